The number of thioether (sulfide) groups is 1. The second kappa shape index (κ2) is 6.60. The summed E-state index contributed by atoms with van der Waals surface area (Å²) < 4.78 is 0. The van der Waals surface area contributed by atoms with E-state index < -0.39 is 0 Å². The molecule has 19 heavy (non-hydrogen) atoms. The van der Waals surface area contributed by atoms with Gasteiger partial charge in [-0.15, -0.1) is 11.8 Å². The fourth-order valence-corrected chi connectivity index (χ4v) is 4.43. The van der Waals surface area contributed by atoms with Crippen molar-refractivity contribution in [1.29, 1.82) is 0 Å². The molecule has 2 atom stereocenters. The molecule has 0 saturated heterocycles. The Labute approximate surface area is 121 Å². The molecule has 3 nitrogen and oxygen atoms in total. The molecule has 1 N–H and O–H groups in total. The highest BCUT2D eigenvalue weighted by Gasteiger charge is 2.23. The van der Waals surface area contributed by atoms with Crippen LogP contribution in [0.3, 0.4) is 0 Å². The summed E-state index contributed by atoms with van der Waals surface area (Å²) in [5.74, 6) is 2.29. The van der Waals surface area contributed by atoms with Gasteiger partial charge in [0.05, 0.1) is 0 Å². The summed E-state index contributed by atoms with van der Waals surface area (Å²) in [5, 5.41) is 5.10. The molecule has 1 heterocycles. The van der Waals surface area contributed by atoms with Crippen molar-refractivity contribution in [2.45, 2.75) is 62.6 Å². The van der Waals surface area contributed by atoms with E-state index in [1.165, 1.54) is 36.3 Å². The molecule has 4 heteroatoms. The Morgan fingerprint density at radius 2 is 2.11 bits per heavy atom. The Kier molecular flexibility index (Phi) is 5.08. The lowest BCUT2D eigenvalue weighted by Gasteiger charge is -2.27. The van der Waals surface area contributed by atoms with E-state index in [0.29, 0.717) is 5.92 Å². The van der Waals surface area contributed by atoms with Crippen molar-refractivity contribution in [1.82, 2.24) is 9.97 Å². The van der Waals surface area contributed by atoms with Crippen LogP contribution in [-0.4, -0.2) is 22.3 Å². The summed E-state index contributed by atoms with van der Waals surface area (Å²) in [7, 11) is 1.94. The van der Waals surface area contributed by atoms with Gasteiger partial charge >= 0.3 is 0 Å². The van der Waals surface area contributed by atoms with Gasteiger partial charge in [0.15, 0.2) is 0 Å². The number of rotatable bonds is 4. The second-order valence-corrected chi connectivity index (χ2v) is 7.15. The van der Waals surface area contributed by atoms with Crippen LogP contribution in [0, 0.1) is 5.92 Å². The van der Waals surface area contributed by atoms with Crippen molar-refractivity contribution in [3.63, 3.8) is 0 Å². The van der Waals surface area contributed by atoms with Gasteiger partial charge in [-0.05, 0) is 24.7 Å². The van der Waals surface area contributed by atoms with Crippen LogP contribution >= 0.6 is 11.8 Å². The minimum atomic E-state index is 0.451. The quantitative estimate of drug-likeness (QED) is 0.833. The van der Waals surface area contributed by atoms with Crippen LogP contribution in [0.1, 0.15) is 57.9 Å². The summed E-state index contributed by atoms with van der Waals surface area (Å²) in [6.07, 6.45) is 7.08. The molecule has 1 aromatic heterocycles. The maximum Gasteiger partial charge on any atom is 0.133 e. The van der Waals surface area contributed by atoms with E-state index in [9.17, 15) is 0 Å². The minimum Gasteiger partial charge on any atom is -0.373 e. The van der Waals surface area contributed by atoms with Crippen molar-refractivity contribution >= 4 is 17.6 Å². The third-order valence-corrected chi connectivity index (χ3v) is 5.14. The molecule has 0 aromatic carbocycles. The molecule has 106 valence electrons. The van der Waals surface area contributed by atoms with Crippen LogP contribution in [0.2, 0.25) is 0 Å². The van der Waals surface area contributed by atoms with Gasteiger partial charge in [-0.3, -0.25) is 0 Å². The van der Waals surface area contributed by atoms with Crippen LogP contribution in [0.25, 0.3) is 0 Å². The lowest BCUT2D eigenvalue weighted by Crippen LogP contribution is -2.16. The second-order valence-electron chi connectivity index (χ2n) is 5.86. The topological polar surface area (TPSA) is 37.8 Å². The van der Waals surface area contributed by atoms with E-state index in [0.717, 1.165) is 17.0 Å². The Hall–Kier alpha value is -0.770. The minimum absolute atomic E-state index is 0.451. The Morgan fingerprint density at radius 3 is 2.74 bits per heavy atom. The number of hydrogen-bond donors (Lipinski definition) is 1. The van der Waals surface area contributed by atoms with Gasteiger partial charge in [-0.25, -0.2) is 9.97 Å². The van der Waals surface area contributed by atoms with Crippen LogP contribution in [0.15, 0.2) is 11.4 Å². The molecule has 0 radical (unpaired) electrons. The Bertz CT molecular complexity index is 420. The lowest BCUT2D eigenvalue weighted by atomic mass is 9.91. The highest BCUT2D eigenvalue weighted by molar-refractivity contribution is 7.99. The zero-order chi connectivity index (χ0) is 13.8. The first-order chi connectivity index (χ1) is 9.11. The van der Waals surface area contributed by atoms with Crippen LogP contribution < -0.4 is 5.32 Å². The Balaban J connectivity index is 2.19. The maximum absolute atomic E-state index is 4.54. The molecular weight excluding hydrogens is 254 g/mol. The third kappa shape index (κ3) is 3.62. The van der Waals surface area contributed by atoms with Gasteiger partial charge in [-0.2, -0.15) is 0 Å². The number of anilines is 1. The molecule has 0 spiro atoms. The van der Waals surface area contributed by atoms with Gasteiger partial charge in [0.2, 0.25) is 0 Å². The number of nitrogens with one attached hydrogen (secondary N) is 1. The molecular formula is C15H25N3S. The first kappa shape index (κ1) is 14.6. The first-order valence-electron chi connectivity index (χ1n) is 7.31. The van der Waals surface area contributed by atoms with Crippen molar-refractivity contribution in [2.75, 3.05) is 12.4 Å². The molecule has 0 bridgehead atoms. The fourth-order valence-electron chi connectivity index (χ4n) is 2.84. The third-order valence-electron chi connectivity index (χ3n) is 3.83. The SMILES string of the molecule is CNc1ncnc(SC2CCCC(C)C2)c1C(C)C. The summed E-state index contributed by atoms with van der Waals surface area (Å²) in [4.78, 5) is 8.89. The summed E-state index contributed by atoms with van der Waals surface area (Å²) in [6, 6.07) is 0. The number of hydrogen-bond acceptors (Lipinski definition) is 4. The molecule has 1 aliphatic rings. The van der Waals surface area contributed by atoms with E-state index in [4.69, 9.17) is 0 Å². The van der Waals surface area contributed by atoms with Crippen molar-refractivity contribution < 1.29 is 0 Å². The molecule has 1 aromatic rings. The number of nitrogens with zero attached hydrogens (tertiary/aromatic N) is 2. The summed E-state index contributed by atoms with van der Waals surface area (Å²) >= 11 is 1.96. The van der Waals surface area contributed by atoms with Gasteiger partial charge in [0, 0.05) is 17.9 Å². The predicted molar refractivity (Wildman–Crippen MR) is 82.9 cm³/mol. The maximum atomic E-state index is 4.54. The van der Waals surface area contributed by atoms with Gasteiger partial charge in [-0.1, -0.05) is 33.6 Å². The molecule has 1 fully saturated rings. The molecule has 1 aliphatic carbocycles. The van der Waals surface area contributed by atoms with Gasteiger partial charge in [0.25, 0.3) is 0 Å². The Morgan fingerprint density at radius 1 is 1.32 bits per heavy atom. The zero-order valence-corrected chi connectivity index (χ0v) is 13.3. The van der Waals surface area contributed by atoms with E-state index in [-0.39, 0.29) is 0 Å². The molecule has 2 unspecified atom stereocenters. The summed E-state index contributed by atoms with van der Waals surface area (Å²) in [6.45, 7) is 6.80. The molecule has 2 rings (SSSR count). The van der Waals surface area contributed by atoms with E-state index in [2.05, 4.69) is 36.1 Å². The average molecular weight is 279 g/mol. The first-order valence-corrected chi connectivity index (χ1v) is 8.19. The van der Waals surface area contributed by atoms with E-state index >= 15 is 0 Å². The van der Waals surface area contributed by atoms with Gasteiger partial charge in [0.1, 0.15) is 17.2 Å². The van der Waals surface area contributed by atoms with Crippen LogP contribution in [-0.2, 0) is 0 Å². The summed E-state index contributed by atoms with van der Waals surface area (Å²) in [5.41, 5.74) is 1.27. The highest BCUT2D eigenvalue weighted by Crippen LogP contribution is 2.39. The number of aromatic nitrogens is 2. The van der Waals surface area contributed by atoms with Crippen molar-refractivity contribution in [3.8, 4) is 0 Å². The van der Waals surface area contributed by atoms with E-state index in [1.54, 1.807) is 6.33 Å². The van der Waals surface area contributed by atoms with E-state index in [1.807, 2.05) is 18.8 Å². The predicted octanol–water partition coefficient (Wildman–Crippen LogP) is 4.31. The van der Waals surface area contributed by atoms with Gasteiger partial charge < -0.3 is 5.32 Å². The lowest BCUT2D eigenvalue weighted by molar-refractivity contribution is 0.394. The van der Waals surface area contributed by atoms with Crippen LogP contribution in [0.4, 0.5) is 5.82 Å². The monoisotopic (exact) mass is 279 g/mol. The molecule has 1 saturated carbocycles. The van der Waals surface area contributed by atoms with Crippen molar-refractivity contribution in [3.05, 3.63) is 11.9 Å². The van der Waals surface area contributed by atoms with Crippen LogP contribution in [0.5, 0.6) is 0 Å². The molecule has 0 amide bonds. The standard InChI is InChI=1S/C15H25N3S/c1-10(2)13-14(16-4)17-9-18-15(13)19-12-7-5-6-11(3)8-12/h9-12H,5-8H2,1-4H3,(H,16,17,18). The van der Waals surface area contributed by atoms with Crippen molar-refractivity contribution in [2.24, 2.45) is 5.92 Å². The smallest absolute Gasteiger partial charge is 0.133 e. The zero-order valence-electron chi connectivity index (χ0n) is 12.4. The average Bonchev–Trinajstić information content (AvgIpc) is 2.38. The largest absolute Gasteiger partial charge is 0.373 e. The highest BCUT2D eigenvalue weighted by atomic mass is 32.2. The fraction of sp³-hybridized carbons (Fsp3) is 0.733. The molecule has 0 aliphatic heterocycles. The normalized spacial score (nSPS) is 23.6.